The fourth-order valence-corrected chi connectivity index (χ4v) is 2.44. The summed E-state index contributed by atoms with van der Waals surface area (Å²) in [6.45, 7) is 11.3. The molecule has 0 radical (unpaired) electrons. The van der Waals surface area contributed by atoms with E-state index in [0.29, 0.717) is 11.3 Å². The third-order valence-electron chi connectivity index (χ3n) is 3.77. The minimum atomic E-state index is 0.362. The van der Waals surface area contributed by atoms with Crippen LogP contribution in [-0.2, 0) is 17.8 Å². The van der Waals surface area contributed by atoms with Crippen LogP contribution in [0.25, 0.3) is 0 Å². The van der Waals surface area contributed by atoms with E-state index >= 15 is 0 Å². The Bertz CT molecular complexity index is 383. The Balaban J connectivity index is 1.80. The first-order chi connectivity index (χ1) is 9.09. The number of hydrogen-bond acceptors (Lipinski definition) is 4. The lowest BCUT2D eigenvalue weighted by atomic mass is 9.82. The van der Waals surface area contributed by atoms with Crippen LogP contribution in [0.1, 0.15) is 39.4 Å². The van der Waals surface area contributed by atoms with Crippen molar-refractivity contribution in [3.8, 4) is 0 Å². The fourth-order valence-electron chi connectivity index (χ4n) is 2.44. The zero-order valence-electron chi connectivity index (χ0n) is 12.4. The van der Waals surface area contributed by atoms with E-state index in [9.17, 15) is 0 Å². The average molecular weight is 266 g/mol. The highest BCUT2D eigenvalue weighted by molar-refractivity contribution is 4.86. The van der Waals surface area contributed by atoms with Crippen molar-refractivity contribution in [2.45, 2.75) is 46.7 Å². The average Bonchev–Trinajstić information content (AvgIpc) is 2.76. The first-order valence-corrected chi connectivity index (χ1v) is 7.24. The summed E-state index contributed by atoms with van der Waals surface area (Å²) >= 11 is 0. The van der Waals surface area contributed by atoms with Gasteiger partial charge in [0.25, 0.3) is 0 Å². The van der Waals surface area contributed by atoms with E-state index in [1.54, 1.807) is 6.33 Å². The predicted molar refractivity (Wildman–Crippen MR) is 74.7 cm³/mol. The maximum Gasteiger partial charge on any atom is 0.140 e. The van der Waals surface area contributed by atoms with Crippen molar-refractivity contribution in [3.05, 3.63) is 12.2 Å². The molecule has 2 heterocycles. The van der Waals surface area contributed by atoms with E-state index < -0.39 is 0 Å². The molecule has 1 aromatic heterocycles. The highest BCUT2D eigenvalue weighted by Gasteiger charge is 2.26. The molecule has 0 aliphatic carbocycles. The van der Waals surface area contributed by atoms with Crippen LogP contribution in [0.4, 0.5) is 0 Å². The molecule has 1 aliphatic heterocycles. The molecule has 1 N–H and O–H groups in total. The molecule has 19 heavy (non-hydrogen) atoms. The second kappa shape index (κ2) is 6.48. The van der Waals surface area contributed by atoms with Gasteiger partial charge in [-0.2, -0.15) is 5.10 Å². The summed E-state index contributed by atoms with van der Waals surface area (Å²) in [6.07, 6.45) is 3.92. The Morgan fingerprint density at radius 1 is 1.42 bits per heavy atom. The summed E-state index contributed by atoms with van der Waals surface area (Å²) < 4.78 is 7.43. The second-order valence-electron chi connectivity index (χ2n) is 6.28. The molecule has 0 spiro atoms. The molecular formula is C14H26N4O. The van der Waals surface area contributed by atoms with Gasteiger partial charge in [0.1, 0.15) is 12.2 Å². The smallest absolute Gasteiger partial charge is 0.140 e. The molecule has 1 saturated heterocycles. The standard InChI is InChI=1S/C14H26N4O/c1-12(2)9-18-13(16-11-17-18)8-15-10-14(3)4-6-19-7-5-14/h11-12,15H,4-10H2,1-3H3. The Labute approximate surface area is 115 Å². The number of ether oxygens (including phenoxy) is 1. The van der Waals surface area contributed by atoms with Crippen molar-refractivity contribution in [3.63, 3.8) is 0 Å². The largest absolute Gasteiger partial charge is 0.381 e. The maximum atomic E-state index is 5.43. The van der Waals surface area contributed by atoms with Crippen LogP contribution >= 0.6 is 0 Å². The quantitative estimate of drug-likeness (QED) is 0.853. The lowest BCUT2D eigenvalue weighted by molar-refractivity contribution is 0.0239. The first kappa shape index (κ1) is 14.5. The zero-order valence-corrected chi connectivity index (χ0v) is 12.4. The topological polar surface area (TPSA) is 52.0 Å². The highest BCUT2D eigenvalue weighted by atomic mass is 16.5. The predicted octanol–water partition coefficient (Wildman–Crippen LogP) is 1.84. The van der Waals surface area contributed by atoms with Gasteiger partial charge in [-0.05, 0) is 24.2 Å². The number of aromatic nitrogens is 3. The van der Waals surface area contributed by atoms with E-state index in [-0.39, 0.29) is 0 Å². The molecule has 2 rings (SSSR count). The fraction of sp³-hybridized carbons (Fsp3) is 0.857. The molecule has 0 aromatic carbocycles. The Morgan fingerprint density at radius 3 is 2.84 bits per heavy atom. The minimum Gasteiger partial charge on any atom is -0.381 e. The minimum absolute atomic E-state index is 0.362. The van der Waals surface area contributed by atoms with Gasteiger partial charge in [-0.1, -0.05) is 20.8 Å². The van der Waals surface area contributed by atoms with Gasteiger partial charge >= 0.3 is 0 Å². The lowest BCUT2D eigenvalue weighted by Crippen LogP contribution is -2.37. The summed E-state index contributed by atoms with van der Waals surface area (Å²) in [4.78, 5) is 4.34. The van der Waals surface area contributed by atoms with E-state index in [0.717, 1.165) is 51.5 Å². The number of nitrogens with one attached hydrogen (secondary N) is 1. The van der Waals surface area contributed by atoms with Crippen molar-refractivity contribution in [2.75, 3.05) is 19.8 Å². The van der Waals surface area contributed by atoms with Gasteiger partial charge < -0.3 is 10.1 Å². The molecule has 1 aromatic rings. The Morgan fingerprint density at radius 2 is 2.16 bits per heavy atom. The van der Waals surface area contributed by atoms with Gasteiger partial charge in [-0.15, -0.1) is 0 Å². The van der Waals surface area contributed by atoms with Gasteiger partial charge in [-0.3, -0.25) is 0 Å². The van der Waals surface area contributed by atoms with Crippen LogP contribution in [-0.4, -0.2) is 34.5 Å². The van der Waals surface area contributed by atoms with Gasteiger partial charge in [0.15, 0.2) is 0 Å². The summed E-state index contributed by atoms with van der Waals surface area (Å²) in [5, 5.41) is 7.82. The van der Waals surface area contributed by atoms with Crippen LogP contribution in [0, 0.1) is 11.3 Å². The highest BCUT2D eigenvalue weighted by Crippen LogP contribution is 2.28. The van der Waals surface area contributed by atoms with Crippen molar-refractivity contribution in [1.82, 2.24) is 20.1 Å². The maximum absolute atomic E-state index is 5.43. The zero-order chi connectivity index (χ0) is 13.7. The molecule has 5 nitrogen and oxygen atoms in total. The van der Waals surface area contributed by atoms with E-state index in [2.05, 4.69) is 36.2 Å². The van der Waals surface area contributed by atoms with Crippen LogP contribution < -0.4 is 5.32 Å². The molecular weight excluding hydrogens is 240 g/mol. The van der Waals surface area contributed by atoms with Crippen LogP contribution in [0.3, 0.4) is 0 Å². The molecule has 1 aliphatic rings. The summed E-state index contributed by atoms with van der Waals surface area (Å²) in [5.74, 6) is 1.62. The Hall–Kier alpha value is -0.940. The molecule has 108 valence electrons. The van der Waals surface area contributed by atoms with Crippen molar-refractivity contribution >= 4 is 0 Å². The second-order valence-corrected chi connectivity index (χ2v) is 6.28. The molecule has 5 heteroatoms. The van der Waals surface area contributed by atoms with E-state index in [1.165, 1.54) is 0 Å². The summed E-state index contributed by atoms with van der Waals surface area (Å²) in [7, 11) is 0. The number of rotatable bonds is 6. The lowest BCUT2D eigenvalue weighted by Gasteiger charge is -2.33. The monoisotopic (exact) mass is 266 g/mol. The number of hydrogen-bond donors (Lipinski definition) is 1. The van der Waals surface area contributed by atoms with Gasteiger partial charge in [-0.25, -0.2) is 9.67 Å². The number of nitrogens with zero attached hydrogens (tertiary/aromatic N) is 3. The normalized spacial score (nSPS) is 18.9. The molecule has 0 saturated carbocycles. The van der Waals surface area contributed by atoms with Crippen LogP contribution in [0.5, 0.6) is 0 Å². The SMILES string of the molecule is CC(C)Cn1ncnc1CNCC1(C)CCOCC1. The first-order valence-electron chi connectivity index (χ1n) is 7.24. The third-order valence-corrected chi connectivity index (χ3v) is 3.77. The Kier molecular flexibility index (Phi) is 4.93. The van der Waals surface area contributed by atoms with Crippen molar-refractivity contribution in [1.29, 1.82) is 0 Å². The van der Waals surface area contributed by atoms with Gasteiger partial charge in [0.2, 0.25) is 0 Å². The van der Waals surface area contributed by atoms with Crippen molar-refractivity contribution < 1.29 is 4.74 Å². The molecule has 0 atom stereocenters. The van der Waals surface area contributed by atoms with E-state index in [1.807, 2.05) is 4.68 Å². The third kappa shape index (κ3) is 4.28. The van der Waals surface area contributed by atoms with E-state index in [4.69, 9.17) is 4.74 Å². The van der Waals surface area contributed by atoms with Crippen molar-refractivity contribution in [2.24, 2.45) is 11.3 Å². The summed E-state index contributed by atoms with van der Waals surface area (Å²) in [5.41, 5.74) is 0.362. The molecule has 0 amide bonds. The molecule has 1 fully saturated rings. The van der Waals surface area contributed by atoms with Gasteiger partial charge in [0.05, 0.1) is 6.54 Å². The summed E-state index contributed by atoms with van der Waals surface area (Å²) in [6, 6.07) is 0. The van der Waals surface area contributed by atoms with Crippen LogP contribution in [0.2, 0.25) is 0 Å². The molecule has 0 bridgehead atoms. The van der Waals surface area contributed by atoms with Crippen LogP contribution in [0.15, 0.2) is 6.33 Å². The van der Waals surface area contributed by atoms with Gasteiger partial charge in [0, 0.05) is 26.3 Å². The molecule has 0 unspecified atom stereocenters.